The lowest BCUT2D eigenvalue weighted by atomic mass is 10.1. The Morgan fingerprint density at radius 3 is 2.58 bits per heavy atom. The molecule has 0 aliphatic carbocycles. The number of hydrogen-bond donors (Lipinski definition) is 1. The van der Waals surface area contributed by atoms with Crippen LogP contribution in [0.5, 0.6) is 5.75 Å². The molecule has 2 aromatic rings. The second-order valence-electron chi connectivity index (χ2n) is 5.57. The van der Waals surface area contributed by atoms with E-state index in [-0.39, 0.29) is 17.0 Å². The number of likely N-dealkylation sites (N-methyl/N-ethyl adjacent to an activating group) is 1. The van der Waals surface area contributed by atoms with Crippen LogP contribution in [0.2, 0.25) is 10.0 Å². The van der Waals surface area contributed by atoms with Crippen LogP contribution in [0.1, 0.15) is 22.0 Å². The average molecular weight is 367 g/mol. The van der Waals surface area contributed by atoms with Crippen LogP contribution in [0.15, 0.2) is 42.5 Å². The smallest absolute Gasteiger partial charge is 0.252 e. The maximum absolute atomic E-state index is 12.4. The van der Waals surface area contributed by atoms with Gasteiger partial charge < -0.3 is 15.0 Å². The van der Waals surface area contributed by atoms with Gasteiger partial charge in [-0.3, -0.25) is 4.79 Å². The first-order chi connectivity index (χ1) is 11.4. The van der Waals surface area contributed by atoms with Gasteiger partial charge in [0.15, 0.2) is 0 Å². The number of amides is 1. The number of nitrogens with one attached hydrogen (secondary N) is 1. The predicted molar refractivity (Wildman–Crippen MR) is 98.2 cm³/mol. The molecule has 0 aromatic heterocycles. The molecule has 6 heteroatoms. The Kier molecular flexibility index (Phi) is 6.49. The molecule has 0 bridgehead atoms. The van der Waals surface area contributed by atoms with E-state index in [9.17, 15) is 4.79 Å². The van der Waals surface area contributed by atoms with Crippen molar-refractivity contribution in [1.82, 2.24) is 10.2 Å². The minimum atomic E-state index is -0.253. The summed E-state index contributed by atoms with van der Waals surface area (Å²) in [5, 5.41) is 3.55. The Balaban J connectivity index is 2.14. The summed E-state index contributed by atoms with van der Waals surface area (Å²) in [6.07, 6.45) is 0. The van der Waals surface area contributed by atoms with E-state index in [2.05, 4.69) is 5.32 Å². The highest BCUT2D eigenvalue weighted by molar-refractivity contribution is 6.43. The Morgan fingerprint density at radius 1 is 1.21 bits per heavy atom. The largest absolute Gasteiger partial charge is 0.497 e. The van der Waals surface area contributed by atoms with E-state index in [1.54, 1.807) is 25.3 Å². The predicted octanol–water partition coefficient (Wildman–Crippen LogP) is 4.03. The van der Waals surface area contributed by atoms with E-state index < -0.39 is 0 Å². The quantitative estimate of drug-likeness (QED) is 0.838. The molecule has 0 fully saturated rings. The van der Waals surface area contributed by atoms with Gasteiger partial charge in [-0.15, -0.1) is 0 Å². The molecule has 24 heavy (non-hydrogen) atoms. The van der Waals surface area contributed by atoms with Crippen LogP contribution in [0.25, 0.3) is 0 Å². The van der Waals surface area contributed by atoms with Gasteiger partial charge >= 0.3 is 0 Å². The van der Waals surface area contributed by atoms with Crippen molar-refractivity contribution in [2.75, 3.05) is 27.7 Å². The Hall–Kier alpha value is -1.75. The van der Waals surface area contributed by atoms with Crippen LogP contribution in [0.4, 0.5) is 0 Å². The van der Waals surface area contributed by atoms with Crippen molar-refractivity contribution in [2.24, 2.45) is 0 Å². The van der Waals surface area contributed by atoms with Gasteiger partial charge in [-0.1, -0.05) is 41.4 Å². The summed E-state index contributed by atoms with van der Waals surface area (Å²) in [7, 11) is 5.55. The number of ether oxygens (including phenoxy) is 1. The first-order valence-corrected chi connectivity index (χ1v) is 8.22. The van der Waals surface area contributed by atoms with Crippen LogP contribution in [0, 0.1) is 0 Å². The third-order valence-corrected chi connectivity index (χ3v) is 4.57. The zero-order valence-corrected chi connectivity index (χ0v) is 15.4. The SMILES string of the molecule is COc1cccc(C(CNC(=O)c2cccc(Cl)c2Cl)N(C)C)c1. The summed E-state index contributed by atoms with van der Waals surface area (Å²) < 4.78 is 5.27. The minimum absolute atomic E-state index is 0.00186. The van der Waals surface area contributed by atoms with Gasteiger partial charge in [0.25, 0.3) is 5.91 Å². The number of rotatable bonds is 6. The van der Waals surface area contributed by atoms with E-state index >= 15 is 0 Å². The number of methoxy groups -OCH3 is 1. The number of hydrogen-bond acceptors (Lipinski definition) is 3. The Morgan fingerprint density at radius 2 is 1.92 bits per heavy atom. The maximum Gasteiger partial charge on any atom is 0.252 e. The van der Waals surface area contributed by atoms with Crippen molar-refractivity contribution >= 4 is 29.1 Å². The molecule has 1 N–H and O–H groups in total. The highest BCUT2D eigenvalue weighted by Gasteiger charge is 2.18. The van der Waals surface area contributed by atoms with E-state index in [1.807, 2.05) is 43.3 Å². The van der Waals surface area contributed by atoms with E-state index in [0.717, 1.165) is 11.3 Å². The highest BCUT2D eigenvalue weighted by Crippen LogP contribution is 2.26. The van der Waals surface area contributed by atoms with Crippen molar-refractivity contribution < 1.29 is 9.53 Å². The van der Waals surface area contributed by atoms with Gasteiger partial charge in [-0.05, 0) is 43.9 Å². The minimum Gasteiger partial charge on any atom is -0.497 e. The van der Waals surface area contributed by atoms with E-state index in [4.69, 9.17) is 27.9 Å². The van der Waals surface area contributed by atoms with Crippen molar-refractivity contribution in [3.8, 4) is 5.75 Å². The lowest BCUT2D eigenvalue weighted by molar-refractivity contribution is 0.0942. The molecule has 0 saturated carbocycles. The Bertz CT molecular complexity index is 720. The summed E-state index contributed by atoms with van der Waals surface area (Å²) in [5.74, 6) is 0.529. The molecule has 1 unspecified atom stereocenters. The zero-order chi connectivity index (χ0) is 17.7. The van der Waals surface area contributed by atoms with Crippen LogP contribution < -0.4 is 10.1 Å². The lowest BCUT2D eigenvalue weighted by Crippen LogP contribution is -2.34. The van der Waals surface area contributed by atoms with Crippen LogP contribution in [-0.4, -0.2) is 38.6 Å². The second-order valence-corrected chi connectivity index (χ2v) is 6.35. The molecule has 128 valence electrons. The van der Waals surface area contributed by atoms with Crippen molar-refractivity contribution in [1.29, 1.82) is 0 Å². The number of carbonyl (C=O) groups is 1. The van der Waals surface area contributed by atoms with Gasteiger partial charge in [-0.25, -0.2) is 0 Å². The lowest BCUT2D eigenvalue weighted by Gasteiger charge is -2.25. The fourth-order valence-corrected chi connectivity index (χ4v) is 2.80. The average Bonchev–Trinajstić information content (AvgIpc) is 2.57. The normalized spacial score (nSPS) is 12.1. The van der Waals surface area contributed by atoms with Crippen LogP contribution in [0.3, 0.4) is 0 Å². The molecular weight excluding hydrogens is 347 g/mol. The number of benzene rings is 2. The number of carbonyl (C=O) groups excluding carboxylic acids is 1. The Labute approximate surface area is 152 Å². The van der Waals surface area contributed by atoms with Crippen molar-refractivity contribution in [2.45, 2.75) is 6.04 Å². The maximum atomic E-state index is 12.4. The molecule has 4 nitrogen and oxygen atoms in total. The molecule has 0 aliphatic rings. The van der Waals surface area contributed by atoms with Gasteiger partial charge in [0.1, 0.15) is 5.75 Å². The van der Waals surface area contributed by atoms with Crippen LogP contribution >= 0.6 is 23.2 Å². The fourth-order valence-electron chi connectivity index (χ4n) is 2.41. The van der Waals surface area contributed by atoms with Crippen LogP contribution in [-0.2, 0) is 0 Å². The summed E-state index contributed by atoms with van der Waals surface area (Å²) in [6, 6.07) is 12.8. The molecule has 2 rings (SSSR count). The number of nitrogens with zero attached hydrogens (tertiary/aromatic N) is 1. The zero-order valence-electron chi connectivity index (χ0n) is 13.8. The third kappa shape index (κ3) is 4.41. The standard InChI is InChI=1S/C18H20Cl2N2O2/c1-22(2)16(12-6-4-7-13(10-12)24-3)11-21-18(23)14-8-5-9-15(19)17(14)20/h4-10,16H,11H2,1-3H3,(H,21,23). The fraction of sp³-hybridized carbons (Fsp3) is 0.278. The van der Waals surface area contributed by atoms with E-state index in [1.165, 1.54) is 0 Å². The van der Waals surface area contributed by atoms with Gasteiger partial charge in [0.05, 0.1) is 28.8 Å². The molecule has 0 aliphatic heterocycles. The van der Waals surface area contributed by atoms with Crippen molar-refractivity contribution in [3.63, 3.8) is 0 Å². The molecule has 0 heterocycles. The summed E-state index contributed by atoms with van der Waals surface area (Å²) in [5.41, 5.74) is 1.42. The molecule has 0 spiro atoms. The molecule has 1 amide bonds. The third-order valence-electron chi connectivity index (χ3n) is 3.75. The second kappa shape index (κ2) is 8.38. The summed E-state index contributed by atoms with van der Waals surface area (Å²) in [6.45, 7) is 0.432. The molecule has 2 aromatic carbocycles. The molecular formula is C18H20Cl2N2O2. The van der Waals surface area contributed by atoms with Gasteiger partial charge in [-0.2, -0.15) is 0 Å². The molecule has 0 saturated heterocycles. The first-order valence-electron chi connectivity index (χ1n) is 7.46. The summed E-state index contributed by atoms with van der Waals surface area (Å²) in [4.78, 5) is 14.4. The van der Waals surface area contributed by atoms with Gasteiger partial charge in [0, 0.05) is 6.54 Å². The van der Waals surface area contributed by atoms with E-state index in [0.29, 0.717) is 17.1 Å². The highest BCUT2D eigenvalue weighted by atomic mass is 35.5. The summed E-state index contributed by atoms with van der Waals surface area (Å²) >= 11 is 12.1. The molecule has 1 atom stereocenters. The van der Waals surface area contributed by atoms with Gasteiger partial charge in [0.2, 0.25) is 0 Å². The molecule has 0 radical (unpaired) electrons. The van der Waals surface area contributed by atoms with Crippen molar-refractivity contribution in [3.05, 3.63) is 63.6 Å². The number of halogens is 2. The topological polar surface area (TPSA) is 41.6 Å². The monoisotopic (exact) mass is 366 g/mol. The first kappa shape index (κ1) is 18.6.